The Bertz CT molecular complexity index is 1250. The van der Waals surface area contributed by atoms with Gasteiger partial charge in [0.25, 0.3) is 0 Å². The SMILES string of the molecule is C=CCOc1ccc(C=Nc2ccccc2N=Cc2ccc(OCC=C)c([N+](=O)[O-])c2)cc1[N+](=O)[O-]. The molecule has 10 heteroatoms. The van der Waals surface area contributed by atoms with Gasteiger partial charge in [-0.25, -0.2) is 0 Å². The van der Waals surface area contributed by atoms with Gasteiger partial charge in [0.05, 0.1) is 21.2 Å². The van der Waals surface area contributed by atoms with Crippen molar-refractivity contribution in [1.82, 2.24) is 0 Å². The van der Waals surface area contributed by atoms with Gasteiger partial charge in [-0.3, -0.25) is 30.2 Å². The van der Waals surface area contributed by atoms with Gasteiger partial charge in [-0.2, -0.15) is 0 Å². The van der Waals surface area contributed by atoms with Crippen molar-refractivity contribution < 1.29 is 19.3 Å². The molecule has 0 radical (unpaired) electrons. The number of nitro benzene ring substituents is 2. The third kappa shape index (κ3) is 6.70. The molecule has 182 valence electrons. The molecule has 0 saturated carbocycles. The van der Waals surface area contributed by atoms with Crippen LogP contribution in [0.1, 0.15) is 11.1 Å². The summed E-state index contributed by atoms with van der Waals surface area (Å²) in [4.78, 5) is 30.6. The Kier molecular flexibility index (Phi) is 8.76. The van der Waals surface area contributed by atoms with Crippen LogP contribution in [0.15, 0.2) is 96.0 Å². The van der Waals surface area contributed by atoms with E-state index in [1.165, 1.54) is 48.8 Å². The predicted octanol–water partition coefficient (Wildman–Crippen LogP) is 6.13. The van der Waals surface area contributed by atoms with E-state index < -0.39 is 9.85 Å². The molecule has 0 atom stereocenters. The molecular formula is C26H22N4O6. The molecule has 10 nitrogen and oxygen atoms in total. The van der Waals surface area contributed by atoms with E-state index in [0.717, 1.165) is 0 Å². The molecular weight excluding hydrogens is 464 g/mol. The van der Waals surface area contributed by atoms with Gasteiger partial charge in [-0.1, -0.05) is 37.4 Å². The summed E-state index contributed by atoms with van der Waals surface area (Å²) in [5.41, 5.74) is 1.63. The topological polar surface area (TPSA) is 129 Å². The fourth-order valence-corrected chi connectivity index (χ4v) is 3.03. The Hall–Kier alpha value is -5.12. The number of aliphatic imine (C=N–C) groups is 2. The van der Waals surface area contributed by atoms with E-state index in [1.54, 1.807) is 36.4 Å². The molecule has 3 aromatic rings. The van der Waals surface area contributed by atoms with Gasteiger partial charge < -0.3 is 9.47 Å². The van der Waals surface area contributed by atoms with E-state index in [1.807, 2.05) is 0 Å². The van der Waals surface area contributed by atoms with E-state index >= 15 is 0 Å². The summed E-state index contributed by atoms with van der Waals surface area (Å²) < 4.78 is 10.7. The number of hydrogen-bond donors (Lipinski definition) is 0. The van der Waals surface area contributed by atoms with Gasteiger partial charge in [0.2, 0.25) is 0 Å². The van der Waals surface area contributed by atoms with E-state index in [9.17, 15) is 20.2 Å². The highest BCUT2D eigenvalue weighted by Crippen LogP contribution is 2.31. The van der Waals surface area contributed by atoms with Gasteiger partial charge in [0.15, 0.2) is 11.5 Å². The minimum Gasteiger partial charge on any atom is -0.483 e. The maximum absolute atomic E-state index is 11.4. The van der Waals surface area contributed by atoms with Crippen molar-refractivity contribution in [2.75, 3.05) is 13.2 Å². The first-order valence-electron chi connectivity index (χ1n) is 10.6. The summed E-state index contributed by atoms with van der Waals surface area (Å²) >= 11 is 0. The number of para-hydroxylation sites is 2. The summed E-state index contributed by atoms with van der Waals surface area (Å²) in [6.45, 7) is 7.36. The molecule has 36 heavy (non-hydrogen) atoms. The molecule has 0 aliphatic rings. The van der Waals surface area contributed by atoms with Crippen molar-refractivity contribution in [3.63, 3.8) is 0 Å². The Balaban J connectivity index is 1.85. The maximum Gasteiger partial charge on any atom is 0.311 e. The normalized spacial score (nSPS) is 10.9. The number of nitro groups is 2. The highest BCUT2D eigenvalue weighted by molar-refractivity contribution is 5.88. The Morgan fingerprint density at radius 2 is 1.14 bits per heavy atom. The predicted molar refractivity (Wildman–Crippen MR) is 139 cm³/mol. The van der Waals surface area contributed by atoms with Crippen LogP contribution in [0.5, 0.6) is 11.5 Å². The second kappa shape index (κ2) is 12.4. The molecule has 0 aliphatic carbocycles. The first kappa shape index (κ1) is 25.5. The number of benzene rings is 3. The summed E-state index contributed by atoms with van der Waals surface area (Å²) in [5.74, 6) is 0.272. The molecule has 0 bridgehead atoms. The Morgan fingerprint density at radius 1 is 0.722 bits per heavy atom. The van der Waals surface area contributed by atoms with Crippen LogP contribution in [-0.4, -0.2) is 35.5 Å². The molecule has 0 amide bonds. The van der Waals surface area contributed by atoms with Crippen LogP contribution >= 0.6 is 0 Å². The lowest BCUT2D eigenvalue weighted by molar-refractivity contribution is -0.386. The highest BCUT2D eigenvalue weighted by Gasteiger charge is 2.16. The first-order chi connectivity index (χ1) is 17.4. The monoisotopic (exact) mass is 486 g/mol. The summed E-state index contributed by atoms with van der Waals surface area (Å²) in [5, 5.41) is 22.8. The van der Waals surface area contributed by atoms with Crippen molar-refractivity contribution in [1.29, 1.82) is 0 Å². The fourth-order valence-electron chi connectivity index (χ4n) is 3.03. The van der Waals surface area contributed by atoms with Gasteiger partial charge in [-0.15, -0.1) is 0 Å². The fraction of sp³-hybridized carbons (Fsp3) is 0.0769. The number of nitrogens with zero attached hydrogens (tertiary/aromatic N) is 4. The Labute approximate surface area is 206 Å². The lowest BCUT2D eigenvalue weighted by atomic mass is 10.2. The van der Waals surface area contributed by atoms with Crippen LogP contribution in [0.25, 0.3) is 0 Å². The third-order valence-electron chi connectivity index (χ3n) is 4.66. The number of ether oxygens (including phenoxy) is 2. The first-order valence-corrected chi connectivity index (χ1v) is 10.6. The molecule has 0 N–H and O–H groups in total. The molecule has 0 heterocycles. The average Bonchev–Trinajstić information content (AvgIpc) is 2.89. The van der Waals surface area contributed by atoms with Crippen molar-refractivity contribution in [3.8, 4) is 11.5 Å². The summed E-state index contributed by atoms with van der Waals surface area (Å²) in [6.07, 6.45) is 5.96. The van der Waals surface area contributed by atoms with Crippen LogP contribution in [-0.2, 0) is 0 Å². The molecule has 0 aromatic heterocycles. The third-order valence-corrected chi connectivity index (χ3v) is 4.66. The van der Waals surface area contributed by atoms with Crippen LogP contribution < -0.4 is 9.47 Å². The zero-order valence-electron chi connectivity index (χ0n) is 19.1. The van der Waals surface area contributed by atoms with Crippen LogP contribution in [0, 0.1) is 20.2 Å². The number of hydrogen-bond acceptors (Lipinski definition) is 8. The second-order valence-electron chi connectivity index (χ2n) is 7.17. The average molecular weight is 486 g/mol. The zero-order chi connectivity index (χ0) is 25.9. The largest absolute Gasteiger partial charge is 0.483 e. The van der Waals surface area contributed by atoms with Crippen molar-refractivity contribution in [3.05, 3.63) is 117 Å². The van der Waals surface area contributed by atoms with Crippen molar-refractivity contribution in [2.24, 2.45) is 9.98 Å². The van der Waals surface area contributed by atoms with Crippen LogP contribution in [0.3, 0.4) is 0 Å². The Morgan fingerprint density at radius 3 is 1.50 bits per heavy atom. The van der Waals surface area contributed by atoms with E-state index in [0.29, 0.717) is 22.5 Å². The van der Waals surface area contributed by atoms with Gasteiger partial charge in [0, 0.05) is 24.6 Å². The minimum atomic E-state index is -0.527. The highest BCUT2D eigenvalue weighted by atomic mass is 16.6. The molecule has 0 unspecified atom stereocenters. The van der Waals surface area contributed by atoms with E-state index in [2.05, 4.69) is 23.1 Å². The molecule has 0 fully saturated rings. The quantitative estimate of drug-likeness (QED) is 0.131. The van der Waals surface area contributed by atoms with Gasteiger partial charge in [-0.05, 0) is 47.5 Å². The smallest absolute Gasteiger partial charge is 0.311 e. The molecule has 3 aromatic carbocycles. The minimum absolute atomic E-state index is 0.136. The van der Waals surface area contributed by atoms with E-state index in [4.69, 9.17) is 9.47 Å². The van der Waals surface area contributed by atoms with Crippen LogP contribution in [0.4, 0.5) is 22.7 Å². The van der Waals surface area contributed by atoms with Crippen LogP contribution in [0.2, 0.25) is 0 Å². The molecule has 0 saturated heterocycles. The van der Waals surface area contributed by atoms with E-state index in [-0.39, 0.29) is 36.1 Å². The van der Waals surface area contributed by atoms with Gasteiger partial charge >= 0.3 is 11.4 Å². The van der Waals surface area contributed by atoms with Gasteiger partial charge in [0.1, 0.15) is 13.2 Å². The molecule has 0 aliphatic heterocycles. The maximum atomic E-state index is 11.4. The molecule has 3 rings (SSSR count). The summed E-state index contributed by atoms with van der Waals surface area (Å²) in [7, 11) is 0. The lowest BCUT2D eigenvalue weighted by Crippen LogP contribution is -1.99. The lowest BCUT2D eigenvalue weighted by Gasteiger charge is -2.05. The standard InChI is InChI=1S/C26H22N4O6/c1-3-13-35-25-11-9-19(15-23(25)29(31)32)17-27-21-7-5-6-8-22(21)28-18-20-10-12-26(36-14-4-2)24(16-20)30(33)34/h3-12,15-18H,1-2,13-14H2. The second-order valence-corrected chi connectivity index (χ2v) is 7.17. The zero-order valence-corrected chi connectivity index (χ0v) is 19.1. The van der Waals surface area contributed by atoms with Crippen molar-refractivity contribution >= 4 is 35.2 Å². The van der Waals surface area contributed by atoms with Crippen molar-refractivity contribution in [2.45, 2.75) is 0 Å². The molecule has 0 spiro atoms. The summed E-state index contributed by atoms with van der Waals surface area (Å²) in [6, 6.07) is 16.0. The number of rotatable bonds is 12.